The van der Waals surface area contributed by atoms with Crippen LogP contribution < -0.4 is 5.73 Å². The van der Waals surface area contributed by atoms with Gasteiger partial charge in [0.05, 0.1) is 24.5 Å². The van der Waals surface area contributed by atoms with Crippen LogP contribution in [0.5, 0.6) is 0 Å². The molecule has 0 radical (unpaired) electrons. The van der Waals surface area contributed by atoms with Crippen molar-refractivity contribution in [3.63, 3.8) is 0 Å². The van der Waals surface area contributed by atoms with E-state index >= 15 is 0 Å². The molecule has 0 bridgehead atoms. The lowest BCUT2D eigenvalue weighted by Gasteiger charge is -2.11. The first-order valence-electron chi connectivity index (χ1n) is 4.53. The van der Waals surface area contributed by atoms with Gasteiger partial charge < -0.3 is 15.6 Å². The number of aromatic nitrogens is 3. The molecule has 0 aliphatic carbocycles. The van der Waals surface area contributed by atoms with Gasteiger partial charge in [-0.05, 0) is 6.42 Å². The first-order valence-corrected chi connectivity index (χ1v) is 4.53. The van der Waals surface area contributed by atoms with Gasteiger partial charge in [0.2, 0.25) is 0 Å². The van der Waals surface area contributed by atoms with Gasteiger partial charge in [0.25, 0.3) is 0 Å². The Morgan fingerprint density at radius 3 is 3.14 bits per heavy atom. The van der Waals surface area contributed by atoms with Crippen molar-refractivity contribution in [3.8, 4) is 0 Å². The van der Waals surface area contributed by atoms with Crippen LogP contribution in [0.25, 0.3) is 0 Å². The number of nitrogens with zero attached hydrogens (tertiary/aromatic N) is 3. The molecule has 1 aromatic heterocycles. The smallest absolute Gasteiger partial charge is 0.0777 e. The van der Waals surface area contributed by atoms with E-state index in [-0.39, 0.29) is 12.6 Å². The van der Waals surface area contributed by atoms with Crippen LogP contribution in [0.4, 0.5) is 0 Å². The fraction of sp³-hybridized carbons (Fsp3) is 0.750. The average molecular weight is 200 g/mol. The Balaban J connectivity index is 2.61. The summed E-state index contributed by atoms with van der Waals surface area (Å²) in [4.78, 5) is 0. The first kappa shape index (κ1) is 11.1. The number of ether oxygens (including phenoxy) is 1. The number of aliphatic hydroxyl groups is 1. The molecule has 3 N–H and O–H groups in total. The predicted octanol–water partition coefficient (Wildman–Crippen LogP) is -0.693. The molecule has 0 aromatic carbocycles. The molecule has 0 aliphatic heterocycles. The highest BCUT2D eigenvalue weighted by molar-refractivity contribution is 5.01. The highest BCUT2D eigenvalue weighted by Gasteiger charge is 2.11. The van der Waals surface area contributed by atoms with E-state index in [1.807, 2.05) is 0 Å². The van der Waals surface area contributed by atoms with Gasteiger partial charge in [0, 0.05) is 20.3 Å². The minimum atomic E-state index is -0.214. The molecule has 0 spiro atoms. The zero-order chi connectivity index (χ0) is 10.4. The highest BCUT2D eigenvalue weighted by atomic mass is 16.5. The van der Waals surface area contributed by atoms with E-state index in [0.29, 0.717) is 19.6 Å². The molecular weight excluding hydrogens is 184 g/mol. The molecular formula is C8H16N4O2. The Morgan fingerprint density at radius 1 is 1.71 bits per heavy atom. The Morgan fingerprint density at radius 2 is 2.50 bits per heavy atom. The van der Waals surface area contributed by atoms with E-state index in [1.165, 1.54) is 0 Å². The number of nitrogens with two attached hydrogens (primary N) is 1. The van der Waals surface area contributed by atoms with Crippen LogP contribution in [0.15, 0.2) is 6.20 Å². The van der Waals surface area contributed by atoms with Crippen LogP contribution in [-0.4, -0.2) is 40.4 Å². The quantitative estimate of drug-likeness (QED) is 0.634. The van der Waals surface area contributed by atoms with E-state index in [2.05, 4.69) is 10.3 Å². The lowest BCUT2D eigenvalue weighted by molar-refractivity contribution is 0.177. The van der Waals surface area contributed by atoms with Gasteiger partial charge in [-0.1, -0.05) is 5.21 Å². The number of rotatable bonds is 6. The Hall–Kier alpha value is -0.980. The van der Waals surface area contributed by atoms with E-state index < -0.39 is 0 Å². The number of aryl methyl sites for hydroxylation is 1. The molecule has 1 heterocycles. The van der Waals surface area contributed by atoms with Gasteiger partial charge in [0.15, 0.2) is 0 Å². The summed E-state index contributed by atoms with van der Waals surface area (Å²) in [6.07, 6.45) is 2.27. The minimum absolute atomic E-state index is 0.138. The van der Waals surface area contributed by atoms with Crippen LogP contribution in [0.2, 0.25) is 0 Å². The maximum atomic E-state index is 8.68. The van der Waals surface area contributed by atoms with E-state index in [1.54, 1.807) is 18.0 Å². The molecule has 1 atom stereocenters. The second-order valence-corrected chi connectivity index (χ2v) is 3.02. The third-order valence-corrected chi connectivity index (χ3v) is 1.90. The predicted molar refractivity (Wildman–Crippen MR) is 50.5 cm³/mol. The van der Waals surface area contributed by atoms with Crippen molar-refractivity contribution in [1.29, 1.82) is 0 Å². The molecule has 0 aliphatic rings. The maximum absolute atomic E-state index is 8.68. The Bertz CT molecular complexity index is 264. The van der Waals surface area contributed by atoms with Gasteiger partial charge in [-0.15, -0.1) is 5.10 Å². The van der Waals surface area contributed by atoms with Crippen molar-refractivity contribution in [3.05, 3.63) is 11.9 Å². The van der Waals surface area contributed by atoms with Crippen LogP contribution in [-0.2, 0) is 11.3 Å². The Labute approximate surface area is 82.7 Å². The fourth-order valence-corrected chi connectivity index (χ4v) is 1.21. The van der Waals surface area contributed by atoms with E-state index in [0.717, 1.165) is 5.69 Å². The summed E-state index contributed by atoms with van der Waals surface area (Å²) in [5, 5.41) is 16.3. The zero-order valence-corrected chi connectivity index (χ0v) is 8.26. The normalized spacial score (nSPS) is 13.1. The maximum Gasteiger partial charge on any atom is 0.0777 e. The standard InChI is InChI=1S/C8H16N4O2/c1-14-6-7(9)8-5-10-11-12(8)3-2-4-13/h5,7,13H,2-4,6,9H2,1H3/t7-/m1/s1. The van der Waals surface area contributed by atoms with Gasteiger partial charge >= 0.3 is 0 Å². The molecule has 6 nitrogen and oxygen atoms in total. The lowest BCUT2D eigenvalue weighted by Crippen LogP contribution is -2.21. The van der Waals surface area contributed by atoms with Crippen LogP contribution in [0, 0.1) is 0 Å². The average Bonchev–Trinajstić information content (AvgIpc) is 2.63. The first-order chi connectivity index (χ1) is 6.79. The van der Waals surface area contributed by atoms with Crippen LogP contribution in [0.1, 0.15) is 18.2 Å². The summed E-state index contributed by atoms with van der Waals surface area (Å²) < 4.78 is 6.64. The fourth-order valence-electron chi connectivity index (χ4n) is 1.21. The largest absolute Gasteiger partial charge is 0.396 e. The summed E-state index contributed by atoms with van der Waals surface area (Å²) >= 11 is 0. The monoisotopic (exact) mass is 200 g/mol. The molecule has 1 rings (SSSR count). The molecule has 14 heavy (non-hydrogen) atoms. The Kier molecular flexibility index (Phi) is 4.51. The summed E-state index contributed by atoms with van der Waals surface area (Å²) in [5.74, 6) is 0. The van der Waals surface area contributed by atoms with Gasteiger partial charge in [0.1, 0.15) is 0 Å². The summed E-state index contributed by atoms with van der Waals surface area (Å²) in [7, 11) is 1.60. The zero-order valence-electron chi connectivity index (χ0n) is 8.26. The number of hydrogen-bond donors (Lipinski definition) is 2. The van der Waals surface area contributed by atoms with Crippen molar-refractivity contribution in [2.24, 2.45) is 5.73 Å². The van der Waals surface area contributed by atoms with E-state index in [4.69, 9.17) is 15.6 Å². The molecule has 0 amide bonds. The second-order valence-electron chi connectivity index (χ2n) is 3.02. The second kappa shape index (κ2) is 5.69. The highest BCUT2D eigenvalue weighted by Crippen LogP contribution is 2.08. The molecule has 6 heteroatoms. The number of aliphatic hydroxyl groups excluding tert-OH is 1. The molecule has 0 saturated heterocycles. The third kappa shape index (κ3) is 2.76. The van der Waals surface area contributed by atoms with Crippen molar-refractivity contribution >= 4 is 0 Å². The number of methoxy groups -OCH3 is 1. The van der Waals surface area contributed by atoms with Crippen LogP contribution in [0.3, 0.4) is 0 Å². The van der Waals surface area contributed by atoms with Gasteiger partial charge in [-0.3, -0.25) is 0 Å². The molecule has 80 valence electrons. The topological polar surface area (TPSA) is 86.2 Å². The molecule has 0 unspecified atom stereocenters. The number of hydrogen-bond acceptors (Lipinski definition) is 5. The molecule has 0 saturated carbocycles. The lowest BCUT2D eigenvalue weighted by atomic mass is 10.2. The SMILES string of the molecule is COC[C@@H](N)c1cnnn1CCCO. The van der Waals surface area contributed by atoms with Crippen molar-refractivity contribution in [2.75, 3.05) is 20.3 Å². The molecule has 0 fully saturated rings. The van der Waals surface area contributed by atoms with Crippen LogP contribution >= 0.6 is 0 Å². The summed E-state index contributed by atoms with van der Waals surface area (Å²) in [5.41, 5.74) is 6.67. The van der Waals surface area contributed by atoms with E-state index in [9.17, 15) is 0 Å². The van der Waals surface area contributed by atoms with Crippen molar-refractivity contribution < 1.29 is 9.84 Å². The van der Waals surface area contributed by atoms with Crippen molar-refractivity contribution in [1.82, 2.24) is 15.0 Å². The van der Waals surface area contributed by atoms with Crippen molar-refractivity contribution in [2.45, 2.75) is 19.0 Å². The molecule has 1 aromatic rings. The van der Waals surface area contributed by atoms with Gasteiger partial charge in [-0.25, -0.2) is 4.68 Å². The summed E-state index contributed by atoms with van der Waals surface area (Å²) in [6, 6.07) is -0.214. The minimum Gasteiger partial charge on any atom is -0.396 e. The van der Waals surface area contributed by atoms with Gasteiger partial charge in [-0.2, -0.15) is 0 Å². The third-order valence-electron chi connectivity index (χ3n) is 1.90. The summed E-state index contributed by atoms with van der Waals surface area (Å²) in [6.45, 7) is 1.20.